The minimum Gasteiger partial charge on any atom is -0.487 e. The molecule has 0 atom stereocenters. The summed E-state index contributed by atoms with van der Waals surface area (Å²) in [5, 5.41) is 4.83. The van der Waals surface area contributed by atoms with Crippen molar-refractivity contribution < 1.29 is 9.53 Å². The summed E-state index contributed by atoms with van der Waals surface area (Å²) in [4.78, 5) is 20.2. The molecule has 1 amide bonds. The summed E-state index contributed by atoms with van der Waals surface area (Å²) >= 11 is 6.05. The van der Waals surface area contributed by atoms with Crippen LogP contribution in [0.4, 0.5) is 0 Å². The van der Waals surface area contributed by atoms with E-state index in [-0.39, 0.29) is 5.91 Å². The molecule has 0 saturated heterocycles. The van der Waals surface area contributed by atoms with Gasteiger partial charge in [0.1, 0.15) is 12.4 Å². The van der Waals surface area contributed by atoms with Crippen LogP contribution in [0.2, 0.25) is 5.02 Å². The van der Waals surface area contributed by atoms with Gasteiger partial charge < -0.3 is 15.0 Å². The maximum Gasteiger partial charge on any atom is 0.251 e. The number of carbonyl (C=O) groups excluding carboxylic acids is 1. The number of ether oxygens (including phenoxy) is 1. The Morgan fingerprint density at radius 1 is 0.946 bits per heavy atom. The first-order valence-electron chi connectivity index (χ1n) is 12.6. The highest BCUT2D eigenvalue weighted by Crippen LogP contribution is 2.23. The van der Waals surface area contributed by atoms with Crippen LogP contribution in [0.5, 0.6) is 5.75 Å². The number of benzene rings is 3. The Morgan fingerprint density at radius 3 is 2.41 bits per heavy atom. The molecule has 0 unspecified atom stereocenters. The number of fused-ring (bicyclic) bond motifs is 1. The van der Waals surface area contributed by atoms with E-state index in [2.05, 4.69) is 35.1 Å². The maximum absolute atomic E-state index is 13.2. The van der Waals surface area contributed by atoms with Crippen molar-refractivity contribution in [3.63, 3.8) is 0 Å². The smallest absolute Gasteiger partial charge is 0.251 e. The standard InChI is InChI=1S/C31H32ClN3O2/c1-3-35(4-2)20-19-33-31(36)29(21-23-9-14-26(32)15-10-23)24-12-17-28(18-13-24)37-22-27-16-11-25-7-5-6-8-30(25)34-27/h5-18,21H,3-4,19-20,22H2,1-2H3,(H,33,36). The Labute approximate surface area is 223 Å². The number of nitrogens with one attached hydrogen (secondary N) is 1. The SMILES string of the molecule is CCN(CC)CCNC(=O)C(=Cc1ccc(Cl)cc1)c1ccc(OCc2ccc3ccccc3n2)cc1. The number of carbonyl (C=O) groups is 1. The Hall–Kier alpha value is -3.67. The van der Waals surface area contributed by atoms with Gasteiger partial charge in [-0.25, -0.2) is 4.98 Å². The van der Waals surface area contributed by atoms with E-state index < -0.39 is 0 Å². The number of nitrogens with zero attached hydrogens (tertiary/aromatic N) is 2. The number of para-hydroxylation sites is 1. The van der Waals surface area contributed by atoms with E-state index in [1.807, 2.05) is 84.9 Å². The minimum absolute atomic E-state index is 0.115. The zero-order chi connectivity index (χ0) is 26.0. The third kappa shape index (κ3) is 7.42. The van der Waals surface area contributed by atoms with Gasteiger partial charge >= 0.3 is 0 Å². The molecule has 1 aromatic heterocycles. The van der Waals surface area contributed by atoms with Crippen LogP contribution < -0.4 is 10.1 Å². The lowest BCUT2D eigenvalue weighted by Gasteiger charge is -2.18. The fourth-order valence-corrected chi connectivity index (χ4v) is 4.17. The number of likely N-dealkylation sites (N-methyl/N-ethyl adjacent to an activating group) is 1. The first kappa shape index (κ1) is 26.4. The van der Waals surface area contributed by atoms with Gasteiger partial charge in [-0.3, -0.25) is 4.79 Å². The molecule has 0 radical (unpaired) electrons. The van der Waals surface area contributed by atoms with Crippen LogP contribution >= 0.6 is 11.6 Å². The maximum atomic E-state index is 13.2. The van der Waals surface area contributed by atoms with Gasteiger partial charge in [-0.2, -0.15) is 0 Å². The van der Waals surface area contributed by atoms with Gasteiger partial charge in [0.15, 0.2) is 0 Å². The topological polar surface area (TPSA) is 54.5 Å². The van der Waals surface area contributed by atoms with Gasteiger partial charge in [-0.1, -0.05) is 74.0 Å². The molecule has 37 heavy (non-hydrogen) atoms. The quantitative estimate of drug-likeness (QED) is 0.184. The molecule has 0 bridgehead atoms. The van der Waals surface area contributed by atoms with Gasteiger partial charge in [0.25, 0.3) is 5.91 Å². The second-order valence-corrected chi connectivity index (χ2v) is 9.14. The zero-order valence-electron chi connectivity index (χ0n) is 21.3. The summed E-state index contributed by atoms with van der Waals surface area (Å²) in [5.74, 6) is 0.600. The van der Waals surface area contributed by atoms with Crippen molar-refractivity contribution in [3.8, 4) is 5.75 Å². The highest BCUT2D eigenvalue weighted by Gasteiger charge is 2.13. The second kappa shape index (κ2) is 13.0. The number of amides is 1. The van der Waals surface area contributed by atoms with Crippen molar-refractivity contribution in [2.45, 2.75) is 20.5 Å². The largest absolute Gasteiger partial charge is 0.487 e. The summed E-state index contributed by atoms with van der Waals surface area (Å²) in [6, 6.07) is 27.1. The van der Waals surface area contributed by atoms with Crippen molar-refractivity contribution in [2.75, 3.05) is 26.2 Å². The van der Waals surface area contributed by atoms with E-state index >= 15 is 0 Å². The lowest BCUT2D eigenvalue weighted by atomic mass is 10.0. The second-order valence-electron chi connectivity index (χ2n) is 8.70. The number of rotatable bonds is 11. The van der Waals surface area contributed by atoms with Crippen LogP contribution in [-0.2, 0) is 11.4 Å². The van der Waals surface area contributed by atoms with Crippen molar-refractivity contribution in [1.82, 2.24) is 15.2 Å². The Morgan fingerprint density at radius 2 is 1.68 bits per heavy atom. The lowest BCUT2D eigenvalue weighted by Crippen LogP contribution is -2.35. The molecule has 3 aromatic carbocycles. The van der Waals surface area contributed by atoms with Crippen molar-refractivity contribution in [2.24, 2.45) is 0 Å². The van der Waals surface area contributed by atoms with Crippen LogP contribution in [0.1, 0.15) is 30.7 Å². The molecule has 1 heterocycles. The van der Waals surface area contributed by atoms with E-state index in [9.17, 15) is 4.79 Å². The number of aromatic nitrogens is 1. The summed E-state index contributed by atoms with van der Waals surface area (Å²) < 4.78 is 5.98. The van der Waals surface area contributed by atoms with Crippen LogP contribution in [0.3, 0.4) is 0 Å². The van der Waals surface area contributed by atoms with E-state index in [4.69, 9.17) is 16.3 Å². The Balaban J connectivity index is 1.48. The molecule has 0 aliphatic rings. The van der Waals surface area contributed by atoms with Crippen LogP contribution in [0.15, 0.2) is 84.9 Å². The predicted molar refractivity (Wildman–Crippen MR) is 153 cm³/mol. The number of hydrogen-bond donors (Lipinski definition) is 1. The first-order valence-corrected chi connectivity index (χ1v) is 13.0. The van der Waals surface area contributed by atoms with Crippen LogP contribution in [-0.4, -0.2) is 42.0 Å². The zero-order valence-corrected chi connectivity index (χ0v) is 22.0. The summed E-state index contributed by atoms with van der Waals surface area (Å²) in [7, 11) is 0. The van der Waals surface area contributed by atoms with Gasteiger partial charge in [-0.05, 0) is 66.7 Å². The fourth-order valence-electron chi connectivity index (χ4n) is 4.04. The average Bonchev–Trinajstić information content (AvgIpc) is 2.94. The van der Waals surface area contributed by atoms with Gasteiger partial charge in [0.05, 0.1) is 11.2 Å². The van der Waals surface area contributed by atoms with Crippen molar-refractivity contribution in [1.29, 1.82) is 0 Å². The molecule has 0 fully saturated rings. The summed E-state index contributed by atoms with van der Waals surface area (Å²) in [5.41, 5.74) is 4.11. The van der Waals surface area contributed by atoms with Crippen LogP contribution in [0.25, 0.3) is 22.6 Å². The Bertz CT molecular complexity index is 1350. The summed E-state index contributed by atoms with van der Waals surface area (Å²) in [6.45, 7) is 7.91. The highest BCUT2D eigenvalue weighted by molar-refractivity contribution is 6.30. The number of halogens is 1. The molecule has 0 aliphatic carbocycles. The average molecular weight is 514 g/mol. The highest BCUT2D eigenvalue weighted by atomic mass is 35.5. The third-order valence-corrected chi connectivity index (χ3v) is 6.49. The summed E-state index contributed by atoms with van der Waals surface area (Å²) in [6.07, 6.45) is 1.89. The first-order chi connectivity index (χ1) is 18.1. The number of hydrogen-bond acceptors (Lipinski definition) is 4. The third-order valence-electron chi connectivity index (χ3n) is 6.24. The van der Waals surface area contributed by atoms with Crippen molar-refractivity contribution >= 4 is 40.1 Å². The molecule has 4 rings (SSSR count). The molecule has 0 spiro atoms. The molecule has 6 heteroatoms. The molecule has 190 valence electrons. The van der Waals surface area contributed by atoms with E-state index in [0.29, 0.717) is 29.5 Å². The van der Waals surface area contributed by atoms with E-state index in [1.165, 1.54) is 0 Å². The molecule has 4 aromatic rings. The fraction of sp³-hybridized carbons (Fsp3) is 0.226. The van der Waals surface area contributed by atoms with E-state index in [0.717, 1.165) is 47.4 Å². The van der Waals surface area contributed by atoms with Crippen LogP contribution in [0, 0.1) is 0 Å². The van der Waals surface area contributed by atoms with Crippen molar-refractivity contribution in [3.05, 3.63) is 107 Å². The van der Waals surface area contributed by atoms with Gasteiger partial charge in [0.2, 0.25) is 0 Å². The normalized spacial score (nSPS) is 11.6. The van der Waals surface area contributed by atoms with Gasteiger partial charge in [0, 0.05) is 29.1 Å². The molecule has 0 aliphatic heterocycles. The Kier molecular flexibility index (Phi) is 9.30. The lowest BCUT2D eigenvalue weighted by molar-refractivity contribution is -0.115. The number of pyridine rings is 1. The predicted octanol–water partition coefficient (Wildman–Crippen LogP) is 6.47. The molecule has 0 saturated carbocycles. The van der Waals surface area contributed by atoms with Gasteiger partial charge in [-0.15, -0.1) is 0 Å². The molecule has 1 N–H and O–H groups in total. The molecular formula is C31H32ClN3O2. The monoisotopic (exact) mass is 513 g/mol. The molecule has 5 nitrogen and oxygen atoms in total. The molecular weight excluding hydrogens is 482 g/mol. The minimum atomic E-state index is -0.115. The van der Waals surface area contributed by atoms with E-state index in [1.54, 1.807) is 0 Å².